The molecule has 7 nitrogen and oxygen atoms in total. The Morgan fingerprint density at radius 3 is 2.81 bits per heavy atom. The monoisotopic (exact) mass is 387 g/mol. The molecule has 1 unspecified atom stereocenters. The van der Waals surface area contributed by atoms with Crippen LogP contribution in [-0.2, 0) is 17.8 Å². The van der Waals surface area contributed by atoms with Crippen LogP contribution < -0.4 is 10.9 Å². The van der Waals surface area contributed by atoms with Crippen LogP contribution in [0.4, 0.5) is 9.52 Å². The fourth-order valence-electron chi connectivity index (χ4n) is 3.08. The molecule has 0 bridgehead atoms. The molecule has 3 aromatic rings. The zero-order valence-corrected chi connectivity index (χ0v) is 15.5. The Morgan fingerprint density at radius 1 is 1.30 bits per heavy atom. The average molecular weight is 387 g/mol. The van der Waals surface area contributed by atoms with Crippen molar-refractivity contribution in [3.63, 3.8) is 0 Å². The second-order valence-corrected chi connectivity index (χ2v) is 7.37. The molecule has 1 N–H and O–H groups in total. The van der Waals surface area contributed by atoms with Crippen molar-refractivity contribution in [2.24, 2.45) is 0 Å². The zero-order valence-electron chi connectivity index (χ0n) is 14.7. The number of carbonyl (C=O) groups excluding carboxylic acids is 1. The van der Waals surface area contributed by atoms with E-state index in [-0.39, 0.29) is 17.3 Å². The predicted octanol–water partition coefficient (Wildman–Crippen LogP) is 2.07. The molecule has 1 amide bonds. The second kappa shape index (κ2) is 7.07. The summed E-state index contributed by atoms with van der Waals surface area (Å²) in [5, 5.41) is 7.86. The van der Waals surface area contributed by atoms with Gasteiger partial charge in [0.2, 0.25) is 16.0 Å². The number of hydrogen-bond donors (Lipinski definition) is 1. The van der Waals surface area contributed by atoms with Crippen molar-refractivity contribution in [3.05, 3.63) is 57.8 Å². The van der Waals surface area contributed by atoms with E-state index in [1.165, 1.54) is 34.1 Å². The molecule has 4 rings (SSSR count). The highest BCUT2D eigenvalue weighted by Crippen LogP contribution is 2.22. The van der Waals surface area contributed by atoms with E-state index in [9.17, 15) is 14.0 Å². The summed E-state index contributed by atoms with van der Waals surface area (Å²) in [6.45, 7) is 2.99. The molecule has 3 heterocycles. The Morgan fingerprint density at radius 2 is 2.07 bits per heavy atom. The molecule has 9 heteroatoms. The molecule has 0 saturated carbocycles. The molecule has 1 aliphatic heterocycles. The standard InChI is InChI=1S/C18H18FN5O2S/c1-2-13-9-15(25)24-18(20-13)27-17(22-24)21-14-7-8-23(16(14)26)10-11-3-5-12(19)6-4-11/h3-6,9,14H,2,7-8,10H2,1H3,(H,21,22). The minimum atomic E-state index is -0.396. The van der Waals surface area contributed by atoms with Crippen molar-refractivity contribution in [3.8, 4) is 0 Å². The third-order valence-electron chi connectivity index (χ3n) is 4.54. The number of halogens is 1. The molecular formula is C18H18FN5O2S. The van der Waals surface area contributed by atoms with E-state index in [0.29, 0.717) is 36.0 Å². The number of nitrogens with one attached hydrogen (secondary N) is 1. The molecular weight excluding hydrogens is 369 g/mol. The van der Waals surface area contributed by atoms with Crippen LogP contribution in [-0.4, -0.2) is 38.0 Å². The molecule has 0 aliphatic carbocycles. The molecule has 1 aromatic carbocycles. The van der Waals surface area contributed by atoms with Gasteiger partial charge in [0.05, 0.1) is 0 Å². The molecule has 0 spiro atoms. The fourth-order valence-corrected chi connectivity index (χ4v) is 3.96. The zero-order chi connectivity index (χ0) is 19.0. The van der Waals surface area contributed by atoms with Crippen LogP contribution in [0.2, 0.25) is 0 Å². The molecule has 2 aromatic heterocycles. The number of aromatic nitrogens is 3. The van der Waals surface area contributed by atoms with E-state index in [4.69, 9.17) is 0 Å². The van der Waals surface area contributed by atoms with E-state index < -0.39 is 6.04 Å². The lowest BCUT2D eigenvalue weighted by Crippen LogP contribution is -2.33. The van der Waals surface area contributed by atoms with Gasteiger partial charge in [-0.2, -0.15) is 4.52 Å². The van der Waals surface area contributed by atoms with Gasteiger partial charge in [0.15, 0.2) is 0 Å². The number of fused-ring (bicyclic) bond motifs is 1. The molecule has 140 valence electrons. The smallest absolute Gasteiger partial charge is 0.275 e. The maximum Gasteiger partial charge on any atom is 0.275 e. The maximum atomic E-state index is 13.0. The van der Waals surface area contributed by atoms with Gasteiger partial charge in [-0.05, 0) is 30.5 Å². The van der Waals surface area contributed by atoms with E-state index in [1.807, 2.05) is 6.92 Å². The third kappa shape index (κ3) is 3.55. The van der Waals surface area contributed by atoms with Gasteiger partial charge in [-0.1, -0.05) is 30.4 Å². The van der Waals surface area contributed by atoms with Gasteiger partial charge in [-0.3, -0.25) is 9.59 Å². The highest BCUT2D eigenvalue weighted by Gasteiger charge is 2.32. The van der Waals surface area contributed by atoms with Crippen LogP contribution in [0.1, 0.15) is 24.6 Å². The summed E-state index contributed by atoms with van der Waals surface area (Å²) < 4.78 is 14.3. The van der Waals surface area contributed by atoms with Gasteiger partial charge in [0.25, 0.3) is 5.56 Å². The van der Waals surface area contributed by atoms with Crippen molar-refractivity contribution >= 4 is 27.3 Å². The predicted molar refractivity (Wildman–Crippen MR) is 100 cm³/mol. The fraction of sp³-hybridized carbons (Fsp3) is 0.333. The number of hydrogen-bond acceptors (Lipinski definition) is 6. The summed E-state index contributed by atoms with van der Waals surface area (Å²) in [6.07, 6.45) is 1.31. The average Bonchev–Trinajstić information content (AvgIpc) is 3.22. The first-order valence-corrected chi connectivity index (χ1v) is 9.54. The molecule has 27 heavy (non-hydrogen) atoms. The molecule has 0 radical (unpaired) electrons. The summed E-state index contributed by atoms with van der Waals surface area (Å²) in [4.78, 5) is 31.4. The highest BCUT2D eigenvalue weighted by atomic mass is 32.1. The van der Waals surface area contributed by atoms with Gasteiger partial charge in [-0.25, -0.2) is 9.37 Å². The minimum Gasteiger partial charge on any atom is -0.348 e. The Bertz CT molecular complexity index is 1050. The van der Waals surface area contributed by atoms with Gasteiger partial charge in [-0.15, -0.1) is 5.10 Å². The molecule has 1 aliphatic rings. The van der Waals surface area contributed by atoms with Gasteiger partial charge in [0, 0.05) is 24.8 Å². The van der Waals surface area contributed by atoms with Crippen molar-refractivity contribution in [2.75, 3.05) is 11.9 Å². The Hall–Kier alpha value is -2.81. The van der Waals surface area contributed by atoms with E-state index in [1.54, 1.807) is 17.0 Å². The summed E-state index contributed by atoms with van der Waals surface area (Å²) in [5.74, 6) is -0.329. The number of rotatable bonds is 5. The summed E-state index contributed by atoms with van der Waals surface area (Å²) in [6, 6.07) is 7.22. The van der Waals surface area contributed by atoms with Crippen molar-refractivity contribution in [1.82, 2.24) is 19.5 Å². The van der Waals surface area contributed by atoms with Crippen LogP contribution in [0.3, 0.4) is 0 Å². The van der Waals surface area contributed by atoms with Crippen LogP contribution in [0.25, 0.3) is 4.96 Å². The van der Waals surface area contributed by atoms with Crippen LogP contribution in [0.5, 0.6) is 0 Å². The topological polar surface area (TPSA) is 79.6 Å². The summed E-state index contributed by atoms with van der Waals surface area (Å²) >= 11 is 1.25. The lowest BCUT2D eigenvalue weighted by Gasteiger charge is -2.17. The molecule has 1 atom stereocenters. The highest BCUT2D eigenvalue weighted by molar-refractivity contribution is 7.20. The summed E-state index contributed by atoms with van der Waals surface area (Å²) in [5.41, 5.74) is 1.38. The van der Waals surface area contributed by atoms with Crippen LogP contribution >= 0.6 is 11.3 Å². The van der Waals surface area contributed by atoms with Crippen LogP contribution in [0.15, 0.2) is 35.1 Å². The molecule has 1 saturated heterocycles. The van der Waals surface area contributed by atoms with Gasteiger partial charge >= 0.3 is 0 Å². The van der Waals surface area contributed by atoms with Gasteiger partial charge < -0.3 is 10.2 Å². The number of benzene rings is 1. The lowest BCUT2D eigenvalue weighted by atomic mass is 10.2. The van der Waals surface area contributed by atoms with E-state index >= 15 is 0 Å². The number of nitrogens with zero attached hydrogens (tertiary/aromatic N) is 4. The number of aryl methyl sites for hydroxylation is 1. The first-order chi connectivity index (χ1) is 13.0. The third-order valence-corrected chi connectivity index (χ3v) is 5.38. The Labute approximate surface area is 158 Å². The quantitative estimate of drug-likeness (QED) is 0.725. The SMILES string of the molecule is CCc1cc(=O)n2nc(NC3CCN(Cc4ccc(F)cc4)C3=O)sc2n1. The lowest BCUT2D eigenvalue weighted by molar-refractivity contribution is -0.128. The van der Waals surface area contributed by atoms with Crippen LogP contribution in [0, 0.1) is 5.82 Å². The number of anilines is 1. The van der Waals surface area contributed by atoms with Crippen molar-refractivity contribution in [1.29, 1.82) is 0 Å². The number of amides is 1. The molecule has 1 fully saturated rings. The summed E-state index contributed by atoms with van der Waals surface area (Å²) in [7, 11) is 0. The largest absolute Gasteiger partial charge is 0.348 e. The van der Waals surface area contributed by atoms with E-state index in [0.717, 1.165) is 11.3 Å². The maximum absolute atomic E-state index is 13.0. The van der Waals surface area contributed by atoms with Gasteiger partial charge in [0.1, 0.15) is 11.9 Å². The normalized spacial score (nSPS) is 17.0. The number of likely N-dealkylation sites (tertiary alicyclic amines) is 1. The minimum absolute atomic E-state index is 0.0341. The number of carbonyl (C=O) groups is 1. The Kier molecular flexibility index (Phi) is 4.61. The van der Waals surface area contributed by atoms with Crippen molar-refractivity contribution in [2.45, 2.75) is 32.4 Å². The van der Waals surface area contributed by atoms with E-state index in [2.05, 4.69) is 15.4 Å². The second-order valence-electron chi connectivity index (χ2n) is 6.41. The first-order valence-electron chi connectivity index (χ1n) is 8.73. The van der Waals surface area contributed by atoms with Crippen molar-refractivity contribution < 1.29 is 9.18 Å². The Balaban J connectivity index is 1.48. The first kappa shape index (κ1) is 17.6.